The van der Waals surface area contributed by atoms with Crippen LogP contribution in [0, 0.1) is 13.8 Å². The van der Waals surface area contributed by atoms with Crippen LogP contribution in [-0.2, 0) is 16.2 Å². The fourth-order valence-electron chi connectivity index (χ4n) is 18.6. The molecule has 0 bridgehead atoms. The Kier molecular flexibility index (Phi) is 11.1. The standard InChI is InChI=1S/C85H71B2N5Si/c1-52-26-21-44-75-78(52)92(79-53(2)27-22-45-76(79)93(75,9)10)87-65-36-15-20-43-73(65)90-70-48-46-55(51-63(70)85(7,8)61-34-25-38-67(87)81(61)90)54-28-23-29-56(50-54)88-68-39-16-11-30-57(68)77-74(88)49-47-62-82(77)91(71-41-18-13-32-59(71)84(62,5)6)86-64-35-14-19-42-72(64)89-69-40-17-12-31-58(69)83(3,4)60-33-24-37-66(86)80(60)89/h11-51H,1-10H3. The van der Waals surface area contributed by atoms with E-state index in [0.29, 0.717) is 0 Å². The quantitative estimate of drug-likeness (QED) is 0.163. The first-order chi connectivity index (χ1) is 45.1. The number of rotatable bonds is 4. The molecule has 0 amide bonds. The Morgan fingerprint density at radius 2 is 0.785 bits per heavy atom. The Hall–Kier alpha value is -10.0. The third-order valence-electron chi connectivity index (χ3n) is 23.0. The van der Waals surface area contributed by atoms with E-state index in [9.17, 15) is 0 Å². The van der Waals surface area contributed by atoms with Gasteiger partial charge in [0.25, 0.3) is 0 Å². The van der Waals surface area contributed by atoms with Gasteiger partial charge in [0.2, 0.25) is 0 Å². The molecule has 6 aliphatic rings. The highest BCUT2D eigenvalue weighted by atomic mass is 28.3. The zero-order valence-corrected chi connectivity index (χ0v) is 55.6. The van der Waals surface area contributed by atoms with Gasteiger partial charge in [-0.25, -0.2) is 0 Å². The van der Waals surface area contributed by atoms with Crippen molar-refractivity contribution in [2.45, 2.75) is 84.7 Å². The molecule has 0 saturated carbocycles. The van der Waals surface area contributed by atoms with Crippen LogP contribution in [0.2, 0.25) is 13.1 Å². The summed E-state index contributed by atoms with van der Waals surface area (Å²) >= 11 is 0. The zero-order valence-electron chi connectivity index (χ0n) is 54.6. The SMILES string of the molecule is Cc1cccc2c1N(B1c3ccccc3N3c4ccc(-c5cccc(-n6c7ccccc7c7c8c(ccc76)C(C)(C)c6ccccc6N8B6c7ccccc7N7c8ccccc8C(C)(C)c8cccc6c87)c5)cc4C(C)(C)c4cccc1c43)c1c(C)cccc1[Si]2(C)C. The average Bonchev–Trinajstić information content (AvgIpc) is 1.65. The van der Waals surface area contributed by atoms with Gasteiger partial charge in [-0.15, -0.1) is 0 Å². The molecule has 0 atom stereocenters. The molecule has 7 heterocycles. The van der Waals surface area contributed by atoms with E-state index in [1.54, 1.807) is 0 Å². The van der Waals surface area contributed by atoms with Gasteiger partial charge in [-0.3, -0.25) is 0 Å². The molecule has 446 valence electrons. The van der Waals surface area contributed by atoms with Crippen LogP contribution >= 0.6 is 0 Å². The molecule has 93 heavy (non-hydrogen) atoms. The van der Waals surface area contributed by atoms with Crippen molar-refractivity contribution in [2.24, 2.45) is 0 Å². The number of anilines is 10. The monoisotopic (exact) mass is 1210 g/mol. The minimum atomic E-state index is -2.07. The molecule has 0 saturated heterocycles. The number of nitrogens with zero attached hydrogens (tertiary/aromatic N) is 5. The van der Waals surface area contributed by atoms with E-state index in [-0.39, 0.29) is 29.9 Å². The van der Waals surface area contributed by atoms with Gasteiger partial charge in [-0.05, 0) is 162 Å². The van der Waals surface area contributed by atoms with E-state index in [2.05, 4.69) is 341 Å². The topological polar surface area (TPSA) is 17.9 Å². The van der Waals surface area contributed by atoms with Gasteiger partial charge in [0.1, 0.15) is 8.07 Å². The van der Waals surface area contributed by atoms with E-state index in [4.69, 9.17) is 0 Å². The van der Waals surface area contributed by atoms with Crippen molar-refractivity contribution >= 4 is 133 Å². The molecule has 0 N–H and O–H groups in total. The maximum Gasteiger partial charge on any atom is 0.332 e. The lowest BCUT2D eigenvalue weighted by molar-refractivity contribution is 0.632. The second-order valence-electron chi connectivity index (χ2n) is 29.3. The van der Waals surface area contributed by atoms with Crippen molar-refractivity contribution in [2.75, 3.05) is 19.4 Å². The number of aromatic nitrogens is 1. The van der Waals surface area contributed by atoms with Crippen molar-refractivity contribution in [3.8, 4) is 16.8 Å². The van der Waals surface area contributed by atoms with Crippen LogP contribution in [0.25, 0.3) is 38.6 Å². The van der Waals surface area contributed by atoms with Crippen LogP contribution in [0.4, 0.5) is 56.9 Å². The van der Waals surface area contributed by atoms with Gasteiger partial charge in [0.05, 0.1) is 22.4 Å². The molecular formula is C85H71B2N5Si. The number of fused-ring (bicyclic) bond motifs is 16. The van der Waals surface area contributed by atoms with E-state index >= 15 is 0 Å². The highest BCUT2D eigenvalue weighted by Crippen LogP contribution is 2.58. The smallest absolute Gasteiger partial charge is 0.332 e. The molecule has 0 fully saturated rings. The van der Waals surface area contributed by atoms with Gasteiger partial charge in [0, 0.05) is 78.2 Å². The number of hydrogen-bond donors (Lipinski definition) is 0. The fraction of sp³-hybridized carbons (Fsp3) is 0.153. The molecule has 8 heteroatoms. The van der Waals surface area contributed by atoms with Crippen LogP contribution in [0.1, 0.15) is 86.1 Å². The summed E-state index contributed by atoms with van der Waals surface area (Å²) in [4.78, 5) is 10.7. The molecular weight excluding hydrogens is 1140 g/mol. The Morgan fingerprint density at radius 1 is 0.323 bits per heavy atom. The van der Waals surface area contributed by atoms with Crippen LogP contribution in [-0.4, -0.2) is 26.3 Å². The zero-order chi connectivity index (χ0) is 62.9. The maximum absolute atomic E-state index is 2.76. The Labute approximate surface area is 548 Å². The third-order valence-corrected chi connectivity index (χ3v) is 26.5. The lowest BCUT2D eigenvalue weighted by Gasteiger charge is -2.51. The van der Waals surface area contributed by atoms with Crippen molar-refractivity contribution < 1.29 is 0 Å². The number of hydrogen-bond acceptors (Lipinski definition) is 4. The average molecular weight is 1210 g/mol. The molecule has 0 aliphatic carbocycles. The van der Waals surface area contributed by atoms with Crippen molar-refractivity contribution in [3.63, 3.8) is 0 Å². The Bertz CT molecular complexity index is 5400. The first-order valence-electron chi connectivity index (χ1n) is 33.4. The van der Waals surface area contributed by atoms with Crippen molar-refractivity contribution in [1.82, 2.24) is 4.57 Å². The maximum atomic E-state index is 2.76. The number of para-hydroxylation sites is 9. The van der Waals surface area contributed by atoms with E-state index in [1.807, 2.05) is 0 Å². The van der Waals surface area contributed by atoms with Crippen LogP contribution in [0.3, 0.4) is 0 Å². The van der Waals surface area contributed by atoms with E-state index in [0.717, 1.165) is 5.69 Å². The van der Waals surface area contributed by atoms with E-state index < -0.39 is 8.07 Å². The first-order valence-corrected chi connectivity index (χ1v) is 36.4. The van der Waals surface area contributed by atoms with Gasteiger partial charge < -0.3 is 24.0 Å². The predicted molar refractivity (Wildman–Crippen MR) is 398 cm³/mol. The van der Waals surface area contributed by atoms with Crippen LogP contribution < -0.4 is 51.6 Å². The molecule has 13 aromatic rings. The summed E-state index contributed by atoms with van der Waals surface area (Å²) in [6.07, 6.45) is 0. The summed E-state index contributed by atoms with van der Waals surface area (Å²) in [5.41, 5.74) is 33.9. The summed E-state index contributed by atoms with van der Waals surface area (Å²) in [5, 5.41) is 5.54. The predicted octanol–water partition coefficient (Wildman–Crippen LogP) is 17.6. The minimum absolute atomic E-state index is 0.0428. The third kappa shape index (κ3) is 7.04. The summed E-state index contributed by atoms with van der Waals surface area (Å²) in [5.74, 6) is 0. The van der Waals surface area contributed by atoms with Crippen LogP contribution in [0.15, 0.2) is 249 Å². The summed E-state index contributed by atoms with van der Waals surface area (Å²) in [7, 11) is -2.07. The summed E-state index contributed by atoms with van der Waals surface area (Å²) in [6, 6.07) is 96.0. The molecule has 6 aliphatic heterocycles. The summed E-state index contributed by atoms with van der Waals surface area (Å²) < 4.78 is 2.55. The van der Waals surface area contributed by atoms with Crippen molar-refractivity contribution in [3.05, 3.63) is 293 Å². The lowest BCUT2D eigenvalue weighted by Crippen LogP contribution is -2.67. The molecule has 0 unspecified atom stereocenters. The fourth-order valence-corrected chi connectivity index (χ4v) is 21.7. The molecule has 0 radical (unpaired) electrons. The normalized spacial score (nSPS) is 16.5. The number of benzene rings is 12. The van der Waals surface area contributed by atoms with Gasteiger partial charge in [-0.2, -0.15) is 0 Å². The summed E-state index contributed by atoms with van der Waals surface area (Å²) in [6.45, 7) is 24.2. The first kappa shape index (κ1) is 54.7. The number of aryl methyl sites for hydroxylation is 2. The largest absolute Gasteiger partial charge is 0.377 e. The Balaban J connectivity index is 0.773. The minimum Gasteiger partial charge on any atom is -0.377 e. The molecule has 19 rings (SSSR count). The van der Waals surface area contributed by atoms with Gasteiger partial charge in [0.15, 0.2) is 0 Å². The highest BCUT2D eigenvalue weighted by Gasteiger charge is 2.52. The van der Waals surface area contributed by atoms with Gasteiger partial charge in [-0.1, -0.05) is 243 Å². The van der Waals surface area contributed by atoms with Crippen LogP contribution in [0.5, 0.6) is 0 Å². The van der Waals surface area contributed by atoms with Gasteiger partial charge >= 0.3 is 13.7 Å². The van der Waals surface area contributed by atoms with Crippen molar-refractivity contribution in [1.29, 1.82) is 0 Å². The molecule has 0 spiro atoms. The molecule has 1 aromatic heterocycles. The Morgan fingerprint density at radius 3 is 1.42 bits per heavy atom. The lowest BCUT2D eigenvalue weighted by atomic mass is 9.44. The second-order valence-corrected chi connectivity index (χ2v) is 33.6. The second kappa shape index (κ2) is 18.8. The molecule has 5 nitrogen and oxygen atoms in total. The highest BCUT2D eigenvalue weighted by molar-refractivity contribution is 7.04. The molecule has 12 aromatic carbocycles. The van der Waals surface area contributed by atoms with E-state index in [1.165, 1.54) is 167 Å².